The number of benzene rings is 1. The lowest BCUT2D eigenvalue weighted by Crippen LogP contribution is -2.22. The van der Waals surface area contributed by atoms with Crippen molar-refractivity contribution in [3.8, 4) is 17.1 Å². The Balaban J connectivity index is 1.82. The maximum Gasteiger partial charge on any atom is 0.434 e. The molecule has 1 N–H and O–H groups in total. The average molecular weight is 524 g/mol. The fourth-order valence-electron chi connectivity index (χ4n) is 3.21. The number of nitrogens with zero attached hydrogens (tertiary/aromatic N) is 4. The standard InChI is InChI=1S/C24H25ClF3N5O3/c1-23(2,3)36-19(34)9-8-16-12-30-22(25)32-20(16)29-11-15-7-6-14(10-17(15)35-5)21-31-18(13-33(21)4)24(26,27)28/h6-10,12-13H,11H2,1-5H3,(H,29,30,32)/b9-8+. The molecule has 0 saturated carbocycles. The molecule has 0 unspecified atom stereocenters. The number of halogens is 4. The number of hydrogen-bond acceptors (Lipinski definition) is 7. The summed E-state index contributed by atoms with van der Waals surface area (Å²) >= 11 is 5.95. The minimum absolute atomic E-state index is 0.00415. The van der Waals surface area contributed by atoms with Crippen LogP contribution in [0.3, 0.4) is 0 Å². The van der Waals surface area contributed by atoms with Gasteiger partial charge in [0.05, 0.1) is 7.11 Å². The van der Waals surface area contributed by atoms with Crippen molar-refractivity contribution in [1.82, 2.24) is 19.5 Å². The molecule has 0 aliphatic heterocycles. The zero-order chi connectivity index (χ0) is 26.7. The second-order valence-corrected chi connectivity index (χ2v) is 9.09. The number of imidazole rings is 1. The van der Waals surface area contributed by atoms with Crippen LogP contribution in [-0.4, -0.2) is 38.2 Å². The first-order chi connectivity index (χ1) is 16.8. The number of ether oxygens (including phenoxy) is 2. The summed E-state index contributed by atoms with van der Waals surface area (Å²) in [5.74, 6) is 0.420. The highest BCUT2D eigenvalue weighted by Crippen LogP contribution is 2.32. The van der Waals surface area contributed by atoms with E-state index in [0.717, 1.165) is 6.20 Å². The van der Waals surface area contributed by atoms with Crippen LogP contribution in [0, 0.1) is 0 Å². The Labute approximate surface area is 211 Å². The predicted octanol–water partition coefficient (Wildman–Crippen LogP) is 5.52. The molecule has 1 aromatic carbocycles. The summed E-state index contributed by atoms with van der Waals surface area (Å²) in [5, 5.41) is 3.13. The SMILES string of the molecule is COc1cc(-c2nc(C(F)(F)F)cn2C)ccc1CNc1nc(Cl)ncc1/C=C/C(=O)OC(C)(C)C. The summed E-state index contributed by atoms with van der Waals surface area (Å²) in [7, 11) is 2.95. The van der Waals surface area contributed by atoms with Gasteiger partial charge in [-0.1, -0.05) is 12.1 Å². The number of aromatic nitrogens is 4. The molecule has 0 atom stereocenters. The molecule has 192 valence electrons. The normalized spacial score (nSPS) is 12.1. The number of carbonyl (C=O) groups excluding carboxylic acids is 1. The highest BCUT2D eigenvalue weighted by Gasteiger charge is 2.34. The Morgan fingerprint density at radius 3 is 2.56 bits per heavy atom. The maximum absolute atomic E-state index is 13.0. The third kappa shape index (κ3) is 6.97. The van der Waals surface area contributed by atoms with Gasteiger partial charge in [-0.3, -0.25) is 0 Å². The number of rotatable bonds is 7. The van der Waals surface area contributed by atoms with Crippen molar-refractivity contribution in [2.75, 3.05) is 12.4 Å². The van der Waals surface area contributed by atoms with Crippen molar-refractivity contribution >= 4 is 29.5 Å². The van der Waals surface area contributed by atoms with Gasteiger partial charge in [0.2, 0.25) is 5.28 Å². The summed E-state index contributed by atoms with van der Waals surface area (Å²) in [4.78, 5) is 23.9. The monoisotopic (exact) mass is 523 g/mol. The fraction of sp³-hybridized carbons (Fsp3) is 0.333. The number of alkyl halides is 3. The highest BCUT2D eigenvalue weighted by atomic mass is 35.5. The largest absolute Gasteiger partial charge is 0.496 e. The zero-order valence-corrected chi connectivity index (χ0v) is 21.0. The number of methoxy groups -OCH3 is 1. The lowest BCUT2D eigenvalue weighted by atomic mass is 10.1. The molecule has 0 fully saturated rings. The van der Waals surface area contributed by atoms with E-state index in [0.29, 0.717) is 28.3 Å². The van der Waals surface area contributed by atoms with Gasteiger partial charge < -0.3 is 19.4 Å². The highest BCUT2D eigenvalue weighted by molar-refractivity contribution is 6.28. The number of anilines is 1. The molecule has 3 aromatic rings. The van der Waals surface area contributed by atoms with Crippen LogP contribution in [0.1, 0.15) is 37.6 Å². The van der Waals surface area contributed by atoms with E-state index >= 15 is 0 Å². The van der Waals surface area contributed by atoms with Crippen LogP contribution < -0.4 is 10.1 Å². The first-order valence-corrected chi connectivity index (χ1v) is 11.1. The van der Waals surface area contributed by atoms with Crippen molar-refractivity contribution in [1.29, 1.82) is 0 Å². The van der Waals surface area contributed by atoms with Crippen LogP contribution in [0.2, 0.25) is 5.28 Å². The Kier molecular flexibility index (Phi) is 7.92. The topological polar surface area (TPSA) is 91.2 Å². The number of esters is 1. The minimum atomic E-state index is -4.54. The van der Waals surface area contributed by atoms with Gasteiger partial charge in [0, 0.05) is 48.8 Å². The molecule has 36 heavy (non-hydrogen) atoms. The van der Waals surface area contributed by atoms with Crippen molar-refractivity contribution in [2.45, 2.75) is 39.1 Å². The molecule has 2 aromatic heterocycles. The summed E-state index contributed by atoms with van der Waals surface area (Å²) < 4.78 is 51.1. The van der Waals surface area contributed by atoms with Crippen LogP contribution in [0.25, 0.3) is 17.5 Å². The number of hydrogen-bond donors (Lipinski definition) is 1. The Hall–Kier alpha value is -3.60. The quantitative estimate of drug-likeness (QED) is 0.247. The molecule has 2 heterocycles. The van der Waals surface area contributed by atoms with Crippen molar-refractivity contribution in [3.05, 3.63) is 58.8 Å². The summed E-state index contributed by atoms with van der Waals surface area (Å²) in [6, 6.07) is 4.97. The first kappa shape index (κ1) is 27.0. The predicted molar refractivity (Wildman–Crippen MR) is 129 cm³/mol. The van der Waals surface area contributed by atoms with Crippen LogP contribution in [0.5, 0.6) is 5.75 Å². The van der Waals surface area contributed by atoms with Crippen LogP contribution in [0.15, 0.2) is 36.7 Å². The molecule has 0 bridgehead atoms. The van der Waals surface area contributed by atoms with Gasteiger partial charge in [-0.05, 0) is 44.5 Å². The molecule has 0 spiro atoms. The van der Waals surface area contributed by atoms with Crippen LogP contribution in [0.4, 0.5) is 19.0 Å². The number of nitrogens with one attached hydrogen (secondary N) is 1. The van der Waals surface area contributed by atoms with Gasteiger partial charge in [0.25, 0.3) is 0 Å². The van der Waals surface area contributed by atoms with Crippen LogP contribution >= 0.6 is 11.6 Å². The smallest absolute Gasteiger partial charge is 0.434 e. The molecule has 8 nitrogen and oxygen atoms in total. The van der Waals surface area contributed by atoms with Gasteiger partial charge in [-0.2, -0.15) is 13.2 Å². The second kappa shape index (κ2) is 10.6. The Bertz CT molecular complexity index is 1280. The van der Waals surface area contributed by atoms with E-state index in [1.54, 1.807) is 39.0 Å². The van der Waals surface area contributed by atoms with Gasteiger partial charge in [-0.15, -0.1) is 0 Å². The lowest BCUT2D eigenvalue weighted by molar-refractivity contribution is -0.148. The molecule has 12 heteroatoms. The van der Waals surface area contributed by atoms with E-state index in [2.05, 4.69) is 20.3 Å². The Morgan fingerprint density at radius 2 is 1.94 bits per heavy atom. The van der Waals surface area contributed by atoms with Gasteiger partial charge >= 0.3 is 12.1 Å². The van der Waals surface area contributed by atoms with E-state index < -0.39 is 23.4 Å². The van der Waals surface area contributed by atoms with Gasteiger partial charge in [0.15, 0.2) is 5.69 Å². The summed E-state index contributed by atoms with van der Waals surface area (Å²) in [6.45, 7) is 5.52. The van der Waals surface area contributed by atoms with Crippen molar-refractivity contribution in [2.24, 2.45) is 7.05 Å². The molecule has 0 aliphatic rings. The van der Waals surface area contributed by atoms with Gasteiger partial charge in [0.1, 0.15) is 23.0 Å². The average Bonchev–Trinajstić information content (AvgIpc) is 3.18. The van der Waals surface area contributed by atoms with Crippen molar-refractivity contribution in [3.63, 3.8) is 0 Å². The molecule has 3 rings (SSSR count). The molecule has 0 aliphatic carbocycles. The first-order valence-electron chi connectivity index (χ1n) is 10.7. The molecule has 0 radical (unpaired) electrons. The molecular formula is C24H25ClF3N5O3. The van der Waals surface area contributed by atoms with E-state index in [1.807, 2.05) is 0 Å². The number of aryl methyl sites for hydroxylation is 1. The minimum Gasteiger partial charge on any atom is -0.496 e. The number of carbonyl (C=O) groups is 1. The molecular weight excluding hydrogens is 499 g/mol. The Morgan fingerprint density at radius 1 is 1.22 bits per heavy atom. The second-order valence-electron chi connectivity index (χ2n) is 8.75. The lowest BCUT2D eigenvalue weighted by Gasteiger charge is -2.18. The maximum atomic E-state index is 13.0. The van der Waals surface area contributed by atoms with E-state index in [1.165, 1.54) is 37.1 Å². The summed E-state index contributed by atoms with van der Waals surface area (Å²) in [5.41, 5.74) is 0.0409. The van der Waals surface area contributed by atoms with Crippen LogP contribution in [-0.2, 0) is 29.3 Å². The molecule has 0 amide bonds. The molecule has 0 saturated heterocycles. The van der Waals surface area contributed by atoms with E-state index in [-0.39, 0.29) is 17.7 Å². The van der Waals surface area contributed by atoms with Gasteiger partial charge in [-0.25, -0.2) is 19.7 Å². The summed E-state index contributed by atoms with van der Waals surface area (Å²) in [6.07, 6.45) is 0.617. The van der Waals surface area contributed by atoms with E-state index in [4.69, 9.17) is 21.1 Å². The third-order valence-electron chi connectivity index (χ3n) is 4.75. The third-order valence-corrected chi connectivity index (χ3v) is 4.93. The van der Waals surface area contributed by atoms with Crippen molar-refractivity contribution < 1.29 is 27.4 Å². The fourth-order valence-corrected chi connectivity index (χ4v) is 3.34. The zero-order valence-electron chi connectivity index (χ0n) is 20.3. The van der Waals surface area contributed by atoms with E-state index in [9.17, 15) is 18.0 Å².